The Bertz CT molecular complexity index is 457. The Balaban J connectivity index is 2.04. The van der Waals surface area contributed by atoms with Crippen LogP contribution in [-0.2, 0) is 11.2 Å². The molecule has 0 bridgehead atoms. The molecule has 1 saturated heterocycles. The second-order valence-electron chi connectivity index (χ2n) is 4.97. The van der Waals surface area contributed by atoms with Gasteiger partial charge in [-0.1, -0.05) is 6.07 Å². The molecule has 0 radical (unpaired) electrons. The molecule has 1 N–H and O–H groups in total. The third-order valence-corrected chi connectivity index (χ3v) is 3.48. The summed E-state index contributed by atoms with van der Waals surface area (Å²) in [6, 6.07) is 5.04. The molecular formula is C14H19FN2O2. The number of nitrogens with zero attached hydrogens (tertiary/aromatic N) is 2. The van der Waals surface area contributed by atoms with Crippen molar-refractivity contribution in [2.75, 3.05) is 38.1 Å². The van der Waals surface area contributed by atoms with Crippen LogP contribution in [0.15, 0.2) is 18.2 Å². The lowest BCUT2D eigenvalue weighted by molar-refractivity contribution is -0.136. The van der Waals surface area contributed by atoms with Gasteiger partial charge in [-0.2, -0.15) is 0 Å². The number of halogens is 1. The van der Waals surface area contributed by atoms with Crippen molar-refractivity contribution in [2.45, 2.75) is 12.8 Å². The van der Waals surface area contributed by atoms with Gasteiger partial charge in [-0.3, -0.25) is 4.79 Å². The van der Waals surface area contributed by atoms with E-state index in [-0.39, 0.29) is 12.2 Å². The Morgan fingerprint density at radius 1 is 1.32 bits per heavy atom. The molecule has 4 nitrogen and oxygen atoms in total. The van der Waals surface area contributed by atoms with E-state index in [0.717, 1.165) is 31.7 Å². The standard InChI is InChI=1S/C14H19FN2O2/c1-16-6-8-17(9-7-16)13-4-2-11(10-12(13)15)3-5-14(18)19/h2,4,10H,3,5-9H2,1H3,(H,18,19). The van der Waals surface area contributed by atoms with E-state index in [1.165, 1.54) is 6.07 Å². The fourth-order valence-corrected chi connectivity index (χ4v) is 2.26. The smallest absolute Gasteiger partial charge is 0.303 e. The van der Waals surface area contributed by atoms with Crippen molar-refractivity contribution in [1.29, 1.82) is 0 Å². The Kier molecular flexibility index (Phi) is 4.37. The first-order chi connectivity index (χ1) is 9.06. The van der Waals surface area contributed by atoms with Crippen molar-refractivity contribution in [1.82, 2.24) is 4.90 Å². The van der Waals surface area contributed by atoms with E-state index in [0.29, 0.717) is 12.1 Å². The largest absolute Gasteiger partial charge is 0.481 e. The van der Waals surface area contributed by atoms with Crippen LogP contribution in [0.1, 0.15) is 12.0 Å². The Hall–Kier alpha value is -1.62. The summed E-state index contributed by atoms with van der Waals surface area (Å²) in [5.74, 6) is -1.11. The minimum atomic E-state index is -0.858. The summed E-state index contributed by atoms with van der Waals surface area (Å²) >= 11 is 0. The van der Waals surface area contributed by atoms with E-state index < -0.39 is 5.97 Å². The first kappa shape index (κ1) is 13.8. The Morgan fingerprint density at radius 3 is 2.58 bits per heavy atom. The molecule has 0 saturated carbocycles. The highest BCUT2D eigenvalue weighted by atomic mass is 19.1. The maximum absolute atomic E-state index is 14.1. The fraction of sp³-hybridized carbons (Fsp3) is 0.500. The van der Waals surface area contributed by atoms with Gasteiger partial charge in [-0.15, -0.1) is 0 Å². The van der Waals surface area contributed by atoms with E-state index in [9.17, 15) is 9.18 Å². The number of hydrogen-bond acceptors (Lipinski definition) is 3. The Morgan fingerprint density at radius 2 is 2.00 bits per heavy atom. The molecule has 5 heteroatoms. The fourth-order valence-electron chi connectivity index (χ4n) is 2.26. The summed E-state index contributed by atoms with van der Waals surface area (Å²) in [6.07, 6.45) is 0.405. The van der Waals surface area contributed by atoms with Gasteiger partial charge in [0.05, 0.1) is 5.69 Å². The average molecular weight is 266 g/mol. The molecule has 1 aliphatic heterocycles. The molecule has 1 aromatic rings. The SMILES string of the molecule is CN1CCN(c2ccc(CCC(=O)O)cc2F)CC1. The van der Waals surface area contributed by atoms with Crippen molar-refractivity contribution in [3.05, 3.63) is 29.6 Å². The number of aliphatic carboxylic acids is 1. The molecule has 0 amide bonds. The van der Waals surface area contributed by atoms with Crippen LogP contribution in [0.25, 0.3) is 0 Å². The molecule has 0 atom stereocenters. The zero-order chi connectivity index (χ0) is 13.8. The number of rotatable bonds is 4. The number of benzene rings is 1. The molecule has 0 aliphatic carbocycles. The van der Waals surface area contributed by atoms with Gasteiger partial charge >= 0.3 is 5.97 Å². The zero-order valence-electron chi connectivity index (χ0n) is 11.1. The third-order valence-electron chi connectivity index (χ3n) is 3.48. The maximum Gasteiger partial charge on any atom is 0.303 e. The number of carbonyl (C=O) groups is 1. The number of carboxylic acid groups (broad SMARTS) is 1. The van der Waals surface area contributed by atoms with Crippen LogP contribution in [0.2, 0.25) is 0 Å². The summed E-state index contributed by atoms with van der Waals surface area (Å²) in [7, 11) is 2.06. The zero-order valence-corrected chi connectivity index (χ0v) is 11.1. The summed E-state index contributed by atoms with van der Waals surface area (Å²) in [6.45, 7) is 3.50. The lowest BCUT2D eigenvalue weighted by Gasteiger charge is -2.34. The highest BCUT2D eigenvalue weighted by Crippen LogP contribution is 2.22. The molecule has 1 aliphatic rings. The summed E-state index contributed by atoms with van der Waals surface area (Å²) in [4.78, 5) is 14.8. The molecule has 104 valence electrons. The molecular weight excluding hydrogens is 247 g/mol. The van der Waals surface area contributed by atoms with Crippen LogP contribution in [0.4, 0.5) is 10.1 Å². The van der Waals surface area contributed by atoms with Crippen LogP contribution in [0, 0.1) is 5.82 Å². The normalized spacial score (nSPS) is 16.6. The number of piperazine rings is 1. The average Bonchev–Trinajstić information content (AvgIpc) is 2.38. The van der Waals surface area contributed by atoms with Crippen molar-refractivity contribution in [2.24, 2.45) is 0 Å². The maximum atomic E-state index is 14.1. The molecule has 1 aromatic carbocycles. The number of hydrogen-bond donors (Lipinski definition) is 1. The van der Waals surface area contributed by atoms with E-state index in [1.807, 2.05) is 11.0 Å². The van der Waals surface area contributed by atoms with Crippen molar-refractivity contribution in [3.8, 4) is 0 Å². The molecule has 1 fully saturated rings. The number of likely N-dealkylation sites (N-methyl/N-ethyl adjacent to an activating group) is 1. The lowest BCUT2D eigenvalue weighted by atomic mass is 10.1. The molecule has 1 heterocycles. The van der Waals surface area contributed by atoms with E-state index >= 15 is 0 Å². The van der Waals surface area contributed by atoms with Crippen molar-refractivity contribution < 1.29 is 14.3 Å². The monoisotopic (exact) mass is 266 g/mol. The Labute approximate surface area is 112 Å². The van der Waals surface area contributed by atoms with Crippen molar-refractivity contribution >= 4 is 11.7 Å². The summed E-state index contributed by atoms with van der Waals surface area (Å²) in [5, 5.41) is 8.62. The van der Waals surface area contributed by atoms with E-state index in [1.54, 1.807) is 6.07 Å². The van der Waals surface area contributed by atoms with Crippen LogP contribution in [0.5, 0.6) is 0 Å². The van der Waals surface area contributed by atoms with Gasteiger partial charge in [0.2, 0.25) is 0 Å². The molecule has 0 spiro atoms. The molecule has 0 unspecified atom stereocenters. The first-order valence-corrected chi connectivity index (χ1v) is 6.50. The second-order valence-corrected chi connectivity index (χ2v) is 4.97. The molecule has 2 rings (SSSR count). The van der Waals surface area contributed by atoms with Gasteiger partial charge in [-0.05, 0) is 31.2 Å². The van der Waals surface area contributed by atoms with Crippen LogP contribution in [0.3, 0.4) is 0 Å². The van der Waals surface area contributed by atoms with Gasteiger partial charge in [0, 0.05) is 32.6 Å². The predicted molar refractivity (Wildman–Crippen MR) is 72.1 cm³/mol. The van der Waals surface area contributed by atoms with E-state index in [2.05, 4.69) is 11.9 Å². The second kappa shape index (κ2) is 6.02. The molecule has 0 aromatic heterocycles. The van der Waals surface area contributed by atoms with Gasteiger partial charge in [0.25, 0.3) is 0 Å². The number of carboxylic acids is 1. The summed E-state index contributed by atoms with van der Waals surface area (Å²) in [5.41, 5.74) is 1.35. The highest BCUT2D eigenvalue weighted by Gasteiger charge is 2.17. The highest BCUT2D eigenvalue weighted by molar-refractivity contribution is 5.67. The van der Waals surface area contributed by atoms with Gasteiger partial charge in [0.15, 0.2) is 0 Å². The van der Waals surface area contributed by atoms with Gasteiger partial charge in [0.1, 0.15) is 5.82 Å². The van der Waals surface area contributed by atoms with Crippen LogP contribution in [-0.4, -0.2) is 49.2 Å². The predicted octanol–water partition coefficient (Wildman–Crippen LogP) is 1.59. The van der Waals surface area contributed by atoms with Gasteiger partial charge in [-0.25, -0.2) is 4.39 Å². The van der Waals surface area contributed by atoms with E-state index in [4.69, 9.17) is 5.11 Å². The topological polar surface area (TPSA) is 43.8 Å². The van der Waals surface area contributed by atoms with Crippen molar-refractivity contribution in [3.63, 3.8) is 0 Å². The number of aryl methyl sites for hydroxylation is 1. The minimum Gasteiger partial charge on any atom is -0.481 e. The minimum absolute atomic E-state index is 0.0350. The number of anilines is 1. The lowest BCUT2D eigenvalue weighted by Crippen LogP contribution is -2.44. The molecule has 19 heavy (non-hydrogen) atoms. The van der Waals surface area contributed by atoms with Crippen LogP contribution < -0.4 is 4.90 Å². The third kappa shape index (κ3) is 3.67. The van der Waals surface area contributed by atoms with Gasteiger partial charge < -0.3 is 14.9 Å². The first-order valence-electron chi connectivity index (χ1n) is 6.50. The summed E-state index contributed by atoms with van der Waals surface area (Å²) < 4.78 is 14.1. The quantitative estimate of drug-likeness (QED) is 0.899. The van der Waals surface area contributed by atoms with Crippen LogP contribution >= 0.6 is 0 Å².